The van der Waals surface area contributed by atoms with Crippen molar-refractivity contribution in [2.24, 2.45) is 0 Å². The smallest absolute Gasteiger partial charge is 0.352 e. The van der Waals surface area contributed by atoms with Gasteiger partial charge in [0.1, 0.15) is 0 Å². The van der Waals surface area contributed by atoms with Gasteiger partial charge in [-0.05, 0) is 0 Å². The normalized spacial score (nSPS) is 9.33. The lowest BCUT2D eigenvalue weighted by Crippen LogP contribution is -2.25. The summed E-state index contributed by atoms with van der Waals surface area (Å²) in [6.07, 6.45) is 0. The largest absolute Gasteiger partial charge is 0.369 e. The fraction of sp³-hybridized carbons (Fsp3) is 0. The van der Waals surface area contributed by atoms with Crippen LogP contribution < -0.4 is 34.2 Å². The van der Waals surface area contributed by atoms with E-state index in [0.717, 1.165) is 0 Å². The zero-order valence-corrected chi connectivity index (χ0v) is 8.68. The zero-order chi connectivity index (χ0) is 13.7. The van der Waals surface area contributed by atoms with Crippen LogP contribution in [-0.4, -0.2) is 29.9 Å². The number of hydrogen-bond acceptors (Lipinski definition) is 8. The molecule has 12 heteroatoms. The Morgan fingerprint density at radius 3 is 1.22 bits per heavy atom. The molecule has 2 heterocycles. The molecule has 0 unspecified atom stereocenters. The van der Waals surface area contributed by atoms with Crippen molar-refractivity contribution < 1.29 is 0 Å². The van der Waals surface area contributed by atoms with Gasteiger partial charge < -0.3 is 11.5 Å². The molecule has 0 aliphatic heterocycles. The van der Waals surface area contributed by atoms with Gasteiger partial charge in [0.05, 0.1) is 0 Å². The third-order valence-corrected chi connectivity index (χ3v) is 1.37. The minimum absolute atomic E-state index is 0.177. The van der Waals surface area contributed by atoms with Crippen LogP contribution in [0.3, 0.4) is 0 Å². The number of anilines is 2. The Labute approximate surface area is 96.1 Å². The van der Waals surface area contributed by atoms with E-state index in [-0.39, 0.29) is 11.9 Å². The standard InChI is InChI=1S/2C3H4N4O2/c2*4-1-5-2(8)7-3(9)6-1/h2*(H4,4,5,6,7,8,9). The summed E-state index contributed by atoms with van der Waals surface area (Å²) in [5.74, 6) is -0.354. The average molecular weight is 256 g/mol. The Balaban J connectivity index is 0.000000180. The summed E-state index contributed by atoms with van der Waals surface area (Å²) in [5.41, 5.74) is 7.17. The molecule has 0 aliphatic carbocycles. The molecule has 0 saturated carbocycles. The number of aromatic nitrogens is 6. The summed E-state index contributed by atoms with van der Waals surface area (Å²) in [7, 11) is 0. The maximum atomic E-state index is 10.3. The predicted molar refractivity (Wildman–Crippen MR) is 59.8 cm³/mol. The Morgan fingerprint density at radius 2 is 1.00 bits per heavy atom. The molecule has 12 nitrogen and oxygen atoms in total. The van der Waals surface area contributed by atoms with E-state index in [1.807, 2.05) is 9.97 Å². The van der Waals surface area contributed by atoms with Crippen LogP contribution in [0.15, 0.2) is 19.2 Å². The van der Waals surface area contributed by atoms with Gasteiger partial charge in [-0.15, -0.1) is 0 Å². The summed E-state index contributed by atoms with van der Waals surface area (Å²) >= 11 is 0. The number of nitrogen functional groups attached to an aromatic ring is 2. The first-order chi connectivity index (χ1) is 8.36. The molecule has 0 aliphatic rings. The fourth-order valence-electron chi connectivity index (χ4n) is 0.820. The molecule has 2 aromatic heterocycles. The molecule has 0 saturated heterocycles. The van der Waals surface area contributed by atoms with Crippen LogP contribution in [0.5, 0.6) is 0 Å². The van der Waals surface area contributed by atoms with Crippen LogP contribution in [0.4, 0.5) is 11.9 Å². The lowest BCUT2D eigenvalue weighted by Gasteiger charge is -1.84. The van der Waals surface area contributed by atoms with Gasteiger partial charge in [-0.3, -0.25) is 19.9 Å². The van der Waals surface area contributed by atoms with E-state index in [1.54, 1.807) is 0 Å². The SMILES string of the molecule is Nc1nc(=O)[nH]c(=O)[nH]1.Nc1nc(=O)[nH]c(=O)[nH]1. The number of rotatable bonds is 0. The van der Waals surface area contributed by atoms with Gasteiger partial charge in [0.2, 0.25) is 11.9 Å². The Bertz CT molecular complexity index is 629. The fourth-order valence-corrected chi connectivity index (χ4v) is 0.820. The van der Waals surface area contributed by atoms with E-state index in [4.69, 9.17) is 11.5 Å². The molecule has 0 amide bonds. The van der Waals surface area contributed by atoms with Gasteiger partial charge >= 0.3 is 22.8 Å². The molecule has 2 rings (SSSR count). The number of aromatic amines is 4. The van der Waals surface area contributed by atoms with Crippen molar-refractivity contribution in [2.75, 3.05) is 11.5 Å². The Hall–Kier alpha value is -3.18. The van der Waals surface area contributed by atoms with Gasteiger partial charge in [0, 0.05) is 0 Å². The van der Waals surface area contributed by atoms with Crippen LogP contribution in [0.2, 0.25) is 0 Å². The summed E-state index contributed by atoms with van der Waals surface area (Å²) in [4.78, 5) is 55.2. The van der Waals surface area contributed by atoms with Gasteiger partial charge in [0.25, 0.3) is 0 Å². The minimum atomic E-state index is -0.740. The zero-order valence-electron chi connectivity index (χ0n) is 8.68. The highest BCUT2D eigenvalue weighted by Gasteiger charge is 1.89. The highest BCUT2D eigenvalue weighted by atomic mass is 16.2. The van der Waals surface area contributed by atoms with Gasteiger partial charge in [0.15, 0.2) is 0 Å². The average Bonchev–Trinajstić information content (AvgIpc) is 2.12. The van der Waals surface area contributed by atoms with E-state index >= 15 is 0 Å². The first-order valence-corrected chi connectivity index (χ1v) is 4.29. The van der Waals surface area contributed by atoms with Crippen molar-refractivity contribution in [2.45, 2.75) is 0 Å². The van der Waals surface area contributed by atoms with Crippen molar-refractivity contribution in [1.29, 1.82) is 0 Å². The van der Waals surface area contributed by atoms with Gasteiger partial charge in [-0.1, -0.05) is 0 Å². The topological polar surface area (TPSA) is 209 Å². The van der Waals surface area contributed by atoms with E-state index in [0.29, 0.717) is 0 Å². The first kappa shape index (κ1) is 12.9. The van der Waals surface area contributed by atoms with E-state index < -0.39 is 22.8 Å². The van der Waals surface area contributed by atoms with Crippen LogP contribution in [0, 0.1) is 0 Å². The van der Waals surface area contributed by atoms with Crippen LogP contribution >= 0.6 is 0 Å². The summed E-state index contributed by atoms with van der Waals surface area (Å²) in [6.45, 7) is 0. The van der Waals surface area contributed by atoms with Crippen LogP contribution in [-0.2, 0) is 0 Å². The molecule has 0 fully saturated rings. The molecular weight excluding hydrogens is 248 g/mol. The number of H-pyrrole nitrogens is 4. The van der Waals surface area contributed by atoms with Crippen LogP contribution in [0.1, 0.15) is 0 Å². The second kappa shape index (κ2) is 5.24. The molecule has 2 aromatic rings. The second-order valence-electron chi connectivity index (χ2n) is 2.76. The molecule has 0 radical (unpaired) electrons. The molecule has 0 aromatic carbocycles. The van der Waals surface area contributed by atoms with Crippen molar-refractivity contribution >= 4 is 11.9 Å². The summed E-state index contributed by atoms with van der Waals surface area (Å²) in [5, 5.41) is 0. The summed E-state index contributed by atoms with van der Waals surface area (Å²) < 4.78 is 0. The van der Waals surface area contributed by atoms with E-state index in [2.05, 4.69) is 19.9 Å². The maximum Gasteiger partial charge on any atom is 0.352 e. The third kappa shape index (κ3) is 4.13. The third-order valence-electron chi connectivity index (χ3n) is 1.37. The van der Waals surface area contributed by atoms with Crippen molar-refractivity contribution in [3.05, 3.63) is 41.9 Å². The molecule has 18 heavy (non-hydrogen) atoms. The monoisotopic (exact) mass is 256 g/mol. The van der Waals surface area contributed by atoms with Gasteiger partial charge in [-0.25, -0.2) is 19.2 Å². The Kier molecular flexibility index (Phi) is 3.75. The molecule has 96 valence electrons. The highest BCUT2D eigenvalue weighted by Crippen LogP contribution is 1.69. The maximum absolute atomic E-state index is 10.3. The Morgan fingerprint density at radius 1 is 0.667 bits per heavy atom. The number of nitrogens with two attached hydrogens (primary N) is 2. The van der Waals surface area contributed by atoms with Crippen molar-refractivity contribution in [3.8, 4) is 0 Å². The number of hydrogen-bond donors (Lipinski definition) is 6. The summed E-state index contributed by atoms with van der Waals surface area (Å²) in [6, 6.07) is 0. The van der Waals surface area contributed by atoms with Crippen molar-refractivity contribution in [3.63, 3.8) is 0 Å². The lowest BCUT2D eigenvalue weighted by atomic mass is 10.9. The molecule has 0 spiro atoms. The molecule has 0 bridgehead atoms. The number of nitrogens with one attached hydrogen (secondary N) is 4. The number of nitrogens with zero attached hydrogens (tertiary/aromatic N) is 2. The van der Waals surface area contributed by atoms with Gasteiger partial charge in [-0.2, -0.15) is 9.97 Å². The highest BCUT2D eigenvalue weighted by molar-refractivity contribution is 5.09. The second-order valence-corrected chi connectivity index (χ2v) is 2.76. The van der Waals surface area contributed by atoms with Crippen LogP contribution in [0.25, 0.3) is 0 Å². The molecule has 8 N–H and O–H groups in total. The molecule has 0 atom stereocenters. The van der Waals surface area contributed by atoms with Crippen molar-refractivity contribution in [1.82, 2.24) is 29.9 Å². The molecular formula is C6H8N8O4. The quantitative estimate of drug-likeness (QED) is 0.273. The lowest BCUT2D eigenvalue weighted by molar-refractivity contribution is 0.947. The van der Waals surface area contributed by atoms with E-state index in [9.17, 15) is 19.2 Å². The minimum Gasteiger partial charge on any atom is -0.369 e. The first-order valence-electron chi connectivity index (χ1n) is 4.29. The van der Waals surface area contributed by atoms with E-state index in [1.165, 1.54) is 0 Å². The predicted octanol–water partition coefficient (Wildman–Crippen LogP) is -3.92.